The molecule has 110 valence electrons. The lowest BCUT2D eigenvalue weighted by Gasteiger charge is -2.31. The van der Waals surface area contributed by atoms with Gasteiger partial charge in [0.15, 0.2) is 0 Å². The van der Waals surface area contributed by atoms with Gasteiger partial charge in [0.25, 0.3) is 0 Å². The van der Waals surface area contributed by atoms with Crippen molar-refractivity contribution in [1.29, 1.82) is 0 Å². The van der Waals surface area contributed by atoms with Crippen molar-refractivity contribution in [3.05, 3.63) is 58.3 Å². The van der Waals surface area contributed by atoms with Crippen LogP contribution in [0.1, 0.15) is 17.8 Å². The molecule has 0 atom stereocenters. The van der Waals surface area contributed by atoms with Crippen molar-refractivity contribution in [3.63, 3.8) is 0 Å². The molecule has 0 radical (unpaired) electrons. The van der Waals surface area contributed by atoms with Crippen LogP contribution in [0.15, 0.2) is 46.9 Å². The maximum atomic E-state index is 4.75. The van der Waals surface area contributed by atoms with Gasteiger partial charge in [-0.25, -0.2) is 9.97 Å². The minimum Gasteiger partial charge on any atom is -0.325 e. The quantitative estimate of drug-likeness (QED) is 0.629. The van der Waals surface area contributed by atoms with E-state index in [0.29, 0.717) is 0 Å². The summed E-state index contributed by atoms with van der Waals surface area (Å²) in [5.41, 5.74) is 3.65. The molecule has 0 saturated heterocycles. The third kappa shape index (κ3) is 2.28. The van der Waals surface area contributed by atoms with Crippen LogP contribution in [-0.4, -0.2) is 16.5 Å². The maximum absolute atomic E-state index is 4.75. The minimum atomic E-state index is 0.818. The largest absolute Gasteiger partial charge is 0.325 e. The molecular weight excluding hydrogens is 338 g/mol. The summed E-state index contributed by atoms with van der Waals surface area (Å²) < 4.78 is 1.14. The highest BCUT2D eigenvalue weighted by atomic mass is 79.9. The van der Waals surface area contributed by atoms with Crippen molar-refractivity contribution < 1.29 is 0 Å². The van der Waals surface area contributed by atoms with Gasteiger partial charge in [-0.2, -0.15) is 0 Å². The number of aromatic nitrogens is 2. The number of para-hydroxylation sites is 1. The first kappa shape index (κ1) is 13.7. The zero-order valence-corrected chi connectivity index (χ0v) is 14.0. The Bertz CT molecular complexity index is 860. The second kappa shape index (κ2) is 5.36. The normalized spacial score (nSPS) is 14.2. The molecule has 1 aliphatic rings. The van der Waals surface area contributed by atoms with Crippen molar-refractivity contribution in [1.82, 2.24) is 9.97 Å². The fourth-order valence-corrected chi connectivity index (χ4v) is 3.57. The Morgan fingerprint density at radius 3 is 2.86 bits per heavy atom. The third-order valence-corrected chi connectivity index (χ3v) is 4.60. The smallest absolute Gasteiger partial charge is 0.144 e. The van der Waals surface area contributed by atoms with Crippen LogP contribution in [-0.2, 0) is 6.42 Å². The first-order valence-corrected chi connectivity index (χ1v) is 8.31. The van der Waals surface area contributed by atoms with E-state index in [-0.39, 0.29) is 0 Å². The van der Waals surface area contributed by atoms with E-state index in [1.807, 2.05) is 13.0 Å². The molecule has 2 aromatic carbocycles. The van der Waals surface area contributed by atoms with Gasteiger partial charge in [0, 0.05) is 22.1 Å². The molecule has 0 bridgehead atoms. The van der Waals surface area contributed by atoms with E-state index in [0.717, 1.165) is 46.4 Å². The molecule has 0 spiro atoms. The molecular formula is C18H16BrN3. The standard InChI is InChI=1S/C18H16BrN3/c1-12-20-16-7-3-2-6-15(16)18(21-12)22-10-4-5-13-11-14(19)8-9-17(13)22/h2-3,6-9,11H,4-5,10H2,1H3. The van der Waals surface area contributed by atoms with Gasteiger partial charge in [-0.05, 0) is 55.7 Å². The third-order valence-electron chi connectivity index (χ3n) is 4.11. The summed E-state index contributed by atoms with van der Waals surface area (Å²) in [4.78, 5) is 11.6. The minimum absolute atomic E-state index is 0.818. The summed E-state index contributed by atoms with van der Waals surface area (Å²) in [6, 6.07) is 14.8. The van der Waals surface area contributed by atoms with E-state index in [1.54, 1.807) is 0 Å². The molecule has 0 aliphatic carbocycles. The first-order chi connectivity index (χ1) is 10.7. The molecule has 1 aliphatic heterocycles. The van der Waals surface area contributed by atoms with Crippen LogP contribution in [0.25, 0.3) is 10.9 Å². The van der Waals surface area contributed by atoms with Crippen LogP contribution in [0.5, 0.6) is 0 Å². The zero-order chi connectivity index (χ0) is 15.1. The molecule has 2 heterocycles. The Balaban J connectivity index is 1.94. The van der Waals surface area contributed by atoms with E-state index in [2.05, 4.69) is 62.2 Å². The van der Waals surface area contributed by atoms with Crippen LogP contribution in [0.3, 0.4) is 0 Å². The van der Waals surface area contributed by atoms with Crippen LogP contribution in [0.4, 0.5) is 11.5 Å². The number of hydrogen-bond acceptors (Lipinski definition) is 3. The molecule has 0 saturated carbocycles. The Morgan fingerprint density at radius 1 is 1.09 bits per heavy atom. The number of halogens is 1. The van der Waals surface area contributed by atoms with Crippen molar-refractivity contribution >= 4 is 38.3 Å². The molecule has 0 amide bonds. The Kier molecular flexibility index (Phi) is 3.34. The summed E-state index contributed by atoms with van der Waals surface area (Å²) in [6.45, 7) is 2.96. The summed E-state index contributed by atoms with van der Waals surface area (Å²) in [5, 5.41) is 1.11. The van der Waals surface area contributed by atoms with Crippen LogP contribution < -0.4 is 4.90 Å². The number of fused-ring (bicyclic) bond motifs is 2. The van der Waals surface area contributed by atoms with Gasteiger partial charge in [-0.15, -0.1) is 0 Å². The highest BCUT2D eigenvalue weighted by molar-refractivity contribution is 9.10. The SMILES string of the molecule is Cc1nc(N2CCCc3cc(Br)ccc32)c2ccccc2n1. The fraction of sp³-hybridized carbons (Fsp3) is 0.222. The monoisotopic (exact) mass is 353 g/mol. The lowest BCUT2D eigenvalue weighted by atomic mass is 10.0. The predicted molar refractivity (Wildman–Crippen MR) is 93.7 cm³/mol. The van der Waals surface area contributed by atoms with Crippen LogP contribution >= 0.6 is 15.9 Å². The van der Waals surface area contributed by atoms with Crippen LogP contribution in [0.2, 0.25) is 0 Å². The maximum Gasteiger partial charge on any atom is 0.144 e. The highest BCUT2D eigenvalue weighted by Gasteiger charge is 2.21. The molecule has 3 aromatic rings. The van der Waals surface area contributed by atoms with E-state index < -0.39 is 0 Å². The first-order valence-electron chi connectivity index (χ1n) is 7.52. The summed E-state index contributed by atoms with van der Waals surface area (Å²) >= 11 is 3.57. The van der Waals surface area contributed by atoms with Gasteiger partial charge in [-0.3, -0.25) is 0 Å². The molecule has 22 heavy (non-hydrogen) atoms. The molecule has 3 nitrogen and oxygen atoms in total. The van der Waals surface area contributed by atoms with Gasteiger partial charge in [0.1, 0.15) is 11.6 Å². The molecule has 1 aromatic heterocycles. The number of anilines is 2. The van der Waals surface area contributed by atoms with Crippen molar-refractivity contribution in [3.8, 4) is 0 Å². The lowest BCUT2D eigenvalue weighted by Crippen LogP contribution is -2.26. The van der Waals surface area contributed by atoms with Gasteiger partial charge >= 0.3 is 0 Å². The number of hydrogen-bond donors (Lipinski definition) is 0. The second-order valence-electron chi connectivity index (χ2n) is 5.64. The Morgan fingerprint density at radius 2 is 1.95 bits per heavy atom. The van der Waals surface area contributed by atoms with Crippen molar-refractivity contribution in [2.45, 2.75) is 19.8 Å². The van der Waals surface area contributed by atoms with Crippen molar-refractivity contribution in [2.24, 2.45) is 0 Å². The average Bonchev–Trinajstić information content (AvgIpc) is 2.53. The van der Waals surface area contributed by atoms with Gasteiger partial charge in [-0.1, -0.05) is 28.1 Å². The van der Waals surface area contributed by atoms with Crippen LogP contribution in [0, 0.1) is 6.92 Å². The van der Waals surface area contributed by atoms with E-state index in [9.17, 15) is 0 Å². The summed E-state index contributed by atoms with van der Waals surface area (Å²) in [7, 11) is 0. The molecule has 4 rings (SSSR count). The van der Waals surface area contributed by atoms with E-state index in [1.165, 1.54) is 11.3 Å². The summed E-state index contributed by atoms with van der Waals surface area (Å²) in [6.07, 6.45) is 2.26. The highest BCUT2D eigenvalue weighted by Crippen LogP contribution is 2.36. The Hall–Kier alpha value is -1.94. The molecule has 0 unspecified atom stereocenters. The summed E-state index contributed by atoms with van der Waals surface area (Å²) in [5.74, 6) is 1.84. The van der Waals surface area contributed by atoms with E-state index in [4.69, 9.17) is 4.98 Å². The predicted octanol–water partition coefficient (Wildman–Crippen LogP) is 4.79. The molecule has 0 fully saturated rings. The van der Waals surface area contributed by atoms with Gasteiger partial charge < -0.3 is 4.90 Å². The molecule has 4 heteroatoms. The zero-order valence-electron chi connectivity index (χ0n) is 12.4. The number of rotatable bonds is 1. The topological polar surface area (TPSA) is 29.0 Å². The number of benzene rings is 2. The second-order valence-corrected chi connectivity index (χ2v) is 6.56. The van der Waals surface area contributed by atoms with Gasteiger partial charge in [0.05, 0.1) is 5.52 Å². The Labute approximate surface area is 138 Å². The van der Waals surface area contributed by atoms with Crippen molar-refractivity contribution in [2.75, 3.05) is 11.4 Å². The number of aryl methyl sites for hydroxylation is 2. The lowest BCUT2D eigenvalue weighted by molar-refractivity contribution is 0.759. The average molecular weight is 354 g/mol. The van der Waals surface area contributed by atoms with Gasteiger partial charge in [0.2, 0.25) is 0 Å². The fourth-order valence-electron chi connectivity index (χ4n) is 3.16. The molecule has 0 N–H and O–H groups in total. The number of nitrogens with zero attached hydrogens (tertiary/aromatic N) is 3. The van der Waals surface area contributed by atoms with E-state index >= 15 is 0 Å².